The first-order valence-corrected chi connectivity index (χ1v) is 9.96. The number of hydrogen-bond donors (Lipinski definition) is 2. The average Bonchev–Trinajstić information content (AvgIpc) is 2.58. The lowest BCUT2D eigenvalue weighted by molar-refractivity contribution is -0.131. The van der Waals surface area contributed by atoms with Crippen molar-refractivity contribution in [3.63, 3.8) is 0 Å². The molecular weight excluding hydrogens is 328 g/mol. The van der Waals surface area contributed by atoms with E-state index < -0.39 is 10.0 Å². The molecule has 0 unspecified atom stereocenters. The second kappa shape index (κ2) is 8.60. The molecule has 0 heterocycles. The van der Waals surface area contributed by atoms with E-state index in [-0.39, 0.29) is 36.9 Å². The predicted octanol–water partition coefficient (Wildman–Crippen LogP) is 1.07. The third kappa shape index (κ3) is 4.78. The summed E-state index contributed by atoms with van der Waals surface area (Å²) < 4.78 is 27.3. The number of aryl methyl sites for hydroxylation is 2. The Hall–Kier alpha value is -1.44. The van der Waals surface area contributed by atoms with Crippen LogP contribution >= 0.6 is 0 Å². The van der Waals surface area contributed by atoms with Crippen molar-refractivity contribution < 1.29 is 18.3 Å². The average molecular weight is 354 g/mol. The maximum absolute atomic E-state index is 12.4. The zero-order valence-electron chi connectivity index (χ0n) is 14.1. The highest BCUT2D eigenvalue weighted by Crippen LogP contribution is 2.23. The molecule has 1 aromatic carbocycles. The normalized spacial score (nSPS) is 14.2. The quantitative estimate of drug-likeness (QED) is 0.731. The highest BCUT2D eigenvalue weighted by atomic mass is 32.2. The number of nitrogens with zero attached hydrogens (tertiary/aromatic N) is 1. The Balaban J connectivity index is 1.95. The van der Waals surface area contributed by atoms with Crippen molar-refractivity contribution in [3.05, 3.63) is 29.3 Å². The largest absolute Gasteiger partial charge is 0.395 e. The molecule has 1 amide bonds. The molecule has 0 saturated carbocycles. The predicted molar refractivity (Wildman–Crippen MR) is 92.2 cm³/mol. The van der Waals surface area contributed by atoms with E-state index in [1.54, 1.807) is 12.1 Å². The lowest BCUT2D eigenvalue weighted by atomic mass is 9.92. The van der Waals surface area contributed by atoms with Crippen molar-refractivity contribution in [2.45, 2.75) is 43.9 Å². The van der Waals surface area contributed by atoms with Gasteiger partial charge in [0, 0.05) is 26.1 Å². The van der Waals surface area contributed by atoms with E-state index in [9.17, 15) is 13.2 Å². The SMILES string of the molecule is CCN(CCO)C(=O)CCNS(=O)(=O)c1ccc2c(c1)CCCC2. The van der Waals surface area contributed by atoms with Gasteiger partial charge in [-0.15, -0.1) is 0 Å². The number of aliphatic hydroxyl groups excluding tert-OH is 1. The van der Waals surface area contributed by atoms with Gasteiger partial charge in [0.25, 0.3) is 0 Å². The number of sulfonamides is 1. The number of aliphatic hydroxyl groups is 1. The number of fused-ring (bicyclic) bond motifs is 1. The van der Waals surface area contributed by atoms with E-state index in [1.807, 2.05) is 13.0 Å². The molecule has 1 aliphatic rings. The molecule has 0 bridgehead atoms. The summed E-state index contributed by atoms with van der Waals surface area (Å²) in [6.07, 6.45) is 4.26. The molecule has 0 atom stereocenters. The van der Waals surface area contributed by atoms with Crippen LogP contribution in [0.4, 0.5) is 0 Å². The van der Waals surface area contributed by atoms with Gasteiger partial charge in [-0.3, -0.25) is 4.79 Å². The molecule has 0 saturated heterocycles. The van der Waals surface area contributed by atoms with Gasteiger partial charge in [-0.25, -0.2) is 13.1 Å². The standard InChI is InChI=1S/C17H26N2O4S/c1-2-19(11-12-20)17(21)9-10-18-24(22,23)16-8-7-14-5-3-4-6-15(14)13-16/h7-8,13,18,20H,2-6,9-12H2,1H3. The van der Waals surface area contributed by atoms with Gasteiger partial charge in [0.05, 0.1) is 11.5 Å². The molecule has 1 aromatic rings. The topological polar surface area (TPSA) is 86.7 Å². The zero-order chi connectivity index (χ0) is 17.6. The number of amides is 1. The van der Waals surface area contributed by atoms with E-state index in [0.29, 0.717) is 6.54 Å². The molecule has 0 aliphatic heterocycles. The monoisotopic (exact) mass is 354 g/mol. The smallest absolute Gasteiger partial charge is 0.240 e. The molecule has 2 N–H and O–H groups in total. The van der Waals surface area contributed by atoms with Crippen LogP contribution in [-0.2, 0) is 27.7 Å². The molecule has 0 spiro atoms. The highest BCUT2D eigenvalue weighted by Gasteiger charge is 2.18. The Kier molecular flexibility index (Phi) is 6.77. The van der Waals surface area contributed by atoms with E-state index in [4.69, 9.17) is 5.11 Å². The van der Waals surface area contributed by atoms with E-state index >= 15 is 0 Å². The Bertz CT molecular complexity index is 673. The summed E-state index contributed by atoms with van der Waals surface area (Å²) in [5.74, 6) is -0.167. The van der Waals surface area contributed by atoms with Gasteiger partial charge in [-0.1, -0.05) is 6.07 Å². The maximum Gasteiger partial charge on any atom is 0.240 e. The van der Waals surface area contributed by atoms with Gasteiger partial charge in [0.1, 0.15) is 0 Å². The van der Waals surface area contributed by atoms with Crippen LogP contribution in [-0.4, -0.2) is 50.6 Å². The van der Waals surface area contributed by atoms with E-state index in [2.05, 4.69) is 4.72 Å². The minimum absolute atomic E-state index is 0.0557. The van der Waals surface area contributed by atoms with E-state index in [1.165, 1.54) is 10.5 Å². The molecule has 2 rings (SSSR count). The first-order valence-electron chi connectivity index (χ1n) is 8.48. The fourth-order valence-electron chi connectivity index (χ4n) is 2.99. The van der Waals surface area contributed by atoms with E-state index in [0.717, 1.165) is 31.2 Å². The Morgan fingerprint density at radius 2 is 1.96 bits per heavy atom. The van der Waals surface area contributed by atoms with Crippen LogP contribution in [0.25, 0.3) is 0 Å². The van der Waals surface area contributed by atoms with Gasteiger partial charge in [0.2, 0.25) is 15.9 Å². The van der Waals surface area contributed by atoms with Crippen LogP contribution < -0.4 is 4.72 Å². The van der Waals surface area contributed by atoms with Crippen LogP contribution in [0, 0.1) is 0 Å². The molecule has 0 radical (unpaired) electrons. The van der Waals surface area contributed by atoms with Crippen LogP contribution in [0.15, 0.2) is 23.1 Å². The lowest BCUT2D eigenvalue weighted by Crippen LogP contribution is -2.36. The molecule has 24 heavy (non-hydrogen) atoms. The molecule has 134 valence electrons. The number of benzene rings is 1. The first kappa shape index (κ1) is 18.9. The van der Waals surface area contributed by atoms with Crippen LogP contribution in [0.1, 0.15) is 37.3 Å². The number of carbonyl (C=O) groups excluding carboxylic acids is 1. The van der Waals surface area contributed by atoms with Gasteiger partial charge >= 0.3 is 0 Å². The molecule has 7 heteroatoms. The van der Waals surface area contributed by atoms with Gasteiger partial charge in [-0.05, 0) is 55.9 Å². The minimum Gasteiger partial charge on any atom is -0.395 e. The van der Waals surface area contributed by atoms with Gasteiger partial charge in [-0.2, -0.15) is 0 Å². The van der Waals surface area contributed by atoms with Crippen molar-refractivity contribution >= 4 is 15.9 Å². The number of likely N-dealkylation sites (N-methyl/N-ethyl adjacent to an activating group) is 1. The fourth-order valence-corrected chi connectivity index (χ4v) is 4.07. The molecule has 6 nitrogen and oxygen atoms in total. The van der Waals surface area contributed by atoms with Gasteiger partial charge < -0.3 is 10.0 Å². The van der Waals surface area contributed by atoms with Crippen molar-refractivity contribution in [1.29, 1.82) is 0 Å². The summed E-state index contributed by atoms with van der Waals surface area (Å²) in [5, 5.41) is 8.91. The second-order valence-electron chi connectivity index (χ2n) is 5.98. The van der Waals surface area contributed by atoms with Crippen LogP contribution in [0.3, 0.4) is 0 Å². The third-order valence-corrected chi connectivity index (χ3v) is 5.82. The molecular formula is C17H26N2O4S. The summed E-state index contributed by atoms with van der Waals surface area (Å²) >= 11 is 0. The minimum atomic E-state index is -3.60. The van der Waals surface area contributed by atoms with Crippen molar-refractivity contribution in [2.24, 2.45) is 0 Å². The first-order chi connectivity index (χ1) is 11.5. The molecule has 1 aliphatic carbocycles. The fraction of sp³-hybridized carbons (Fsp3) is 0.588. The van der Waals surface area contributed by atoms with Gasteiger partial charge in [0.15, 0.2) is 0 Å². The number of carbonyl (C=O) groups is 1. The summed E-state index contributed by atoms with van der Waals surface area (Å²) in [7, 11) is -3.60. The lowest BCUT2D eigenvalue weighted by Gasteiger charge is -2.20. The zero-order valence-corrected chi connectivity index (χ0v) is 14.9. The van der Waals surface area contributed by atoms with Crippen LogP contribution in [0.2, 0.25) is 0 Å². The maximum atomic E-state index is 12.4. The second-order valence-corrected chi connectivity index (χ2v) is 7.75. The van der Waals surface area contributed by atoms with Crippen molar-refractivity contribution in [2.75, 3.05) is 26.2 Å². The molecule has 0 fully saturated rings. The van der Waals surface area contributed by atoms with Crippen molar-refractivity contribution in [1.82, 2.24) is 9.62 Å². The van der Waals surface area contributed by atoms with Crippen LogP contribution in [0.5, 0.6) is 0 Å². The number of hydrogen-bond acceptors (Lipinski definition) is 4. The highest BCUT2D eigenvalue weighted by molar-refractivity contribution is 7.89. The van der Waals surface area contributed by atoms with Crippen molar-refractivity contribution in [3.8, 4) is 0 Å². The summed E-state index contributed by atoms with van der Waals surface area (Å²) in [6, 6.07) is 5.29. The summed E-state index contributed by atoms with van der Waals surface area (Å²) in [4.78, 5) is 13.7. The Morgan fingerprint density at radius 1 is 1.25 bits per heavy atom. The Labute approximate surface area is 143 Å². The number of nitrogens with one attached hydrogen (secondary N) is 1. The Morgan fingerprint density at radius 3 is 2.62 bits per heavy atom. The summed E-state index contributed by atoms with van der Waals surface area (Å²) in [5.41, 5.74) is 2.35. The number of rotatable bonds is 8. The molecule has 0 aromatic heterocycles. The third-order valence-electron chi connectivity index (χ3n) is 4.37. The summed E-state index contributed by atoms with van der Waals surface area (Å²) in [6.45, 7) is 2.55.